The largest absolute Gasteiger partial charge is 0.324 e. The van der Waals surface area contributed by atoms with E-state index in [0.29, 0.717) is 0 Å². The first-order valence-electron chi connectivity index (χ1n) is 5.16. The number of aromatic nitrogens is 1. The van der Waals surface area contributed by atoms with E-state index in [0.717, 1.165) is 4.47 Å². The average molecular weight is 272 g/mol. The summed E-state index contributed by atoms with van der Waals surface area (Å²) in [6.07, 6.45) is 4.11. The second-order valence-corrected chi connectivity index (χ2v) is 4.68. The van der Waals surface area contributed by atoms with Crippen molar-refractivity contribution in [2.24, 2.45) is 0 Å². The summed E-state index contributed by atoms with van der Waals surface area (Å²) in [5.74, 6) is 0. The van der Waals surface area contributed by atoms with Crippen LogP contribution < -0.4 is 0 Å². The van der Waals surface area contributed by atoms with E-state index in [2.05, 4.69) is 69.3 Å². The molecule has 0 saturated carbocycles. The monoisotopic (exact) mass is 271 g/mol. The normalized spacial score (nSPS) is 10.8. The molecule has 0 fully saturated rings. The van der Waals surface area contributed by atoms with Crippen LogP contribution in [0.4, 0.5) is 0 Å². The molecule has 0 aliphatic rings. The molecule has 3 rings (SSSR count). The number of fused-ring (bicyclic) bond motifs is 1. The van der Waals surface area contributed by atoms with Gasteiger partial charge in [0.15, 0.2) is 0 Å². The van der Waals surface area contributed by atoms with Gasteiger partial charge < -0.3 is 4.57 Å². The van der Waals surface area contributed by atoms with Gasteiger partial charge in [-0.25, -0.2) is 0 Å². The van der Waals surface area contributed by atoms with Crippen molar-refractivity contribution in [3.05, 3.63) is 65.4 Å². The molecule has 0 atom stereocenters. The van der Waals surface area contributed by atoms with Crippen LogP contribution in [0.15, 0.2) is 65.4 Å². The Morgan fingerprint density at radius 2 is 1.50 bits per heavy atom. The lowest BCUT2D eigenvalue weighted by molar-refractivity contribution is 1.08. The molecule has 0 N–H and O–H groups in total. The first kappa shape index (κ1) is 9.67. The van der Waals surface area contributed by atoms with Crippen LogP contribution in [0.5, 0.6) is 0 Å². The van der Waals surface area contributed by atoms with Gasteiger partial charge in [0.2, 0.25) is 0 Å². The molecule has 0 amide bonds. The highest BCUT2D eigenvalue weighted by atomic mass is 79.9. The van der Waals surface area contributed by atoms with Crippen molar-refractivity contribution in [3.63, 3.8) is 0 Å². The summed E-state index contributed by atoms with van der Waals surface area (Å²) in [7, 11) is 0. The van der Waals surface area contributed by atoms with Gasteiger partial charge >= 0.3 is 0 Å². The van der Waals surface area contributed by atoms with E-state index < -0.39 is 0 Å². The maximum Gasteiger partial charge on any atom is 0.0455 e. The average Bonchev–Trinajstić information content (AvgIpc) is 2.82. The molecule has 2 heteroatoms. The third-order valence-corrected chi connectivity index (χ3v) is 3.18. The summed E-state index contributed by atoms with van der Waals surface area (Å²) in [6, 6.07) is 16.9. The minimum atomic E-state index is 1.12. The van der Waals surface area contributed by atoms with Crippen LogP contribution in [0, 0.1) is 0 Å². The van der Waals surface area contributed by atoms with Gasteiger partial charge in [-0.15, -0.1) is 0 Å². The van der Waals surface area contributed by atoms with Crippen LogP contribution in [-0.2, 0) is 0 Å². The molecule has 1 nitrogen and oxygen atoms in total. The van der Waals surface area contributed by atoms with Gasteiger partial charge in [0.05, 0.1) is 0 Å². The Bertz CT molecular complexity index is 626. The van der Waals surface area contributed by atoms with Gasteiger partial charge in [0.1, 0.15) is 0 Å². The fraction of sp³-hybridized carbons (Fsp3) is 0. The maximum atomic E-state index is 3.48. The second kappa shape index (κ2) is 3.80. The second-order valence-electron chi connectivity index (χ2n) is 3.77. The van der Waals surface area contributed by atoms with E-state index in [4.69, 9.17) is 0 Å². The van der Waals surface area contributed by atoms with Crippen molar-refractivity contribution < 1.29 is 0 Å². The third kappa shape index (κ3) is 1.65. The standard InChI is InChI=1S/C14H10BrN/c15-13-5-3-12-10-14(6-4-11(12)9-13)16-7-1-2-8-16/h1-10H. The lowest BCUT2D eigenvalue weighted by Gasteiger charge is -2.05. The van der Waals surface area contributed by atoms with Crippen molar-refractivity contribution in [2.75, 3.05) is 0 Å². The fourth-order valence-electron chi connectivity index (χ4n) is 1.87. The molecule has 16 heavy (non-hydrogen) atoms. The first-order chi connectivity index (χ1) is 7.83. The lowest BCUT2D eigenvalue weighted by Crippen LogP contribution is -1.88. The lowest BCUT2D eigenvalue weighted by atomic mass is 10.1. The zero-order valence-electron chi connectivity index (χ0n) is 8.60. The molecule has 0 aliphatic heterocycles. The van der Waals surface area contributed by atoms with Crippen molar-refractivity contribution in [2.45, 2.75) is 0 Å². The molecule has 1 aromatic heterocycles. The zero-order chi connectivity index (χ0) is 11.0. The molecule has 0 saturated heterocycles. The van der Waals surface area contributed by atoms with Gasteiger partial charge in [-0.3, -0.25) is 0 Å². The molecule has 0 aliphatic carbocycles. The quantitative estimate of drug-likeness (QED) is 0.619. The minimum Gasteiger partial charge on any atom is -0.324 e. The Hall–Kier alpha value is -1.54. The van der Waals surface area contributed by atoms with Crippen LogP contribution in [0.1, 0.15) is 0 Å². The number of hydrogen-bond donors (Lipinski definition) is 0. The van der Waals surface area contributed by atoms with Gasteiger partial charge in [-0.2, -0.15) is 0 Å². The third-order valence-electron chi connectivity index (χ3n) is 2.69. The number of halogens is 1. The number of hydrogen-bond acceptors (Lipinski definition) is 0. The summed E-state index contributed by atoms with van der Waals surface area (Å²) < 4.78 is 3.23. The highest BCUT2D eigenvalue weighted by Gasteiger charge is 1.98. The summed E-state index contributed by atoms with van der Waals surface area (Å²) >= 11 is 3.48. The Labute approximate surface area is 102 Å². The van der Waals surface area contributed by atoms with E-state index in [1.54, 1.807) is 0 Å². The van der Waals surface area contributed by atoms with Crippen LogP contribution in [0.2, 0.25) is 0 Å². The molecule has 2 aromatic carbocycles. The van der Waals surface area contributed by atoms with Gasteiger partial charge in [0, 0.05) is 22.6 Å². The minimum absolute atomic E-state index is 1.12. The summed E-state index contributed by atoms with van der Waals surface area (Å²) in [5.41, 5.74) is 1.19. The maximum absolute atomic E-state index is 3.48. The van der Waals surface area contributed by atoms with Crippen molar-refractivity contribution >= 4 is 26.7 Å². The highest BCUT2D eigenvalue weighted by molar-refractivity contribution is 9.10. The Kier molecular flexibility index (Phi) is 2.29. The Morgan fingerprint density at radius 3 is 2.31 bits per heavy atom. The molecule has 0 radical (unpaired) electrons. The number of nitrogens with zero attached hydrogens (tertiary/aromatic N) is 1. The summed E-state index contributed by atoms with van der Waals surface area (Å²) in [5, 5.41) is 2.51. The van der Waals surface area contributed by atoms with Crippen molar-refractivity contribution in [1.29, 1.82) is 0 Å². The van der Waals surface area contributed by atoms with Gasteiger partial charge in [0.25, 0.3) is 0 Å². The van der Waals surface area contributed by atoms with Gasteiger partial charge in [-0.1, -0.05) is 28.1 Å². The number of rotatable bonds is 1. The van der Waals surface area contributed by atoms with Crippen LogP contribution in [0.3, 0.4) is 0 Å². The Balaban J connectivity index is 2.20. The molecule has 0 bridgehead atoms. The fourth-order valence-corrected chi connectivity index (χ4v) is 2.25. The van der Waals surface area contributed by atoms with E-state index >= 15 is 0 Å². The van der Waals surface area contributed by atoms with E-state index in [1.807, 2.05) is 12.1 Å². The molecular formula is C14H10BrN. The highest BCUT2D eigenvalue weighted by Crippen LogP contribution is 2.22. The van der Waals surface area contributed by atoms with Gasteiger partial charge in [-0.05, 0) is 47.2 Å². The van der Waals surface area contributed by atoms with Crippen LogP contribution >= 0.6 is 15.9 Å². The van der Waals surface area contributed by atoms with E-state index in [-0.39, 0.29) is 0 Å². The molecule has 78 valence electrons. The first-order valence-corrected chi connectivity index (χ1v) is 5.95. The van der Waals surface area contributed by atoms with E-state index in [1.165, 1.54) is 16.5 Å². The molecule has 3 aromatic rings. The number of benzene rings is 2. The molecule has 0 spiro atoms. The Morgan fingerprint density at radius 1 is 0.812 bits per heavy atom. The van der Waals surface area contributed by atoms with E-state index in [9.17, 15) is 0 Å². The van der Waals surface area contributed by atoms with Crippen molar-refractivity contribution in [1.82, 2.24) is 4.57 Å². The molecular weight excluding hydrogens is 262 g/mol. The van der Waals surface area contributed by atoms with Crippen LogP contribution in [-0.4, -0.2) is 4.57 Å². The zero-order valence-corrected chi connectivity index (χ0v) is 10.2. The molecule has 0 unspecified atom stereocenters. The molecule has 1 heterocycles. The summed E-state index contributed by atoms with van der Waals surface area (Å²) in [6.45, 7) is 0. The SMILES string of the molecule is Brc1ccc2cc(-n3cccc3)ccc2c1. The summed E-state index contributed by atoms with van der Waals surface area (Å²) in [4.78, 5) is 0. The topological polar surface area (TPSA) is 4.93 Å². The predicted octanol–water partition coefficient (Wildman–Crippen LogP) is 4.39. The predicted molar refractivity (Wildman–Crippen MR) is 71.0 cm³/mol. The smallest absolute Gasteiger partial charge is 0.0455 e. The van der Waals surface area contributed by atoms with Crippen molar-refractivity contribution in [3.8, 4) is 5.69 Å². The van der Waals surface area contributed by atoms with Crippen LogP contribution in [0.25, 0.3) is 16.5 Å².